The summed E-state index contributed by atoms with van der Waals surface area (Å²) in [5.41, 5.74) is 0. The Hall–Kier alpha value is -1.05. The Labute approximate surface area is 123 Å². The minimum atomic E-state index is -3.77. The van der Waals surface area contributed by atoms with Crippen LogP contribution in [0.1, 0.15) is 0 Å². The molecule has 1 aromatic heterocycles. The maximum absolute atomic E-state index is 11.0. The molecule has 102 valence electrons. The molecule has 0 aliphatic carbocycles. The Morgan fingerprint density at radius 2 is 2.21 bits per heavy atom. The van der Waals surface area contributed by atoms with Crippen LogP contribution in [0.3, 0.4) is 0 Å². The number of nitrogens with zero attached hydrogens (tertiary/aromatic N) is 2. The van der Waals surface area contributed by atoms with Crippen LogP contribution in [-0.4, -0.2) is 24.6 Å². The normalized spacial score (nSPS) is 11.5. The standard InChI is InChI=1S/C11H10BrClN2O3S/c12-9-2-1-3-10(6-9)18-5-4-15-7-11(14-8-15)19(13,16)17/h1-3,6-8H,4-5H2. The van der Waals surface area contributed by atoms with E-state index in [1.807, 2.05) is 24.3 Å². The third kappa shape index (κ3) is 4.22. The first kappa shape index (κ1) is 14.4. The zero-order valence-electron chi connectivity index (χ0n) is 9.66. The molecule has 0 N–H and O–H groups in total. The van der Waals surface area contributed by atoms with Gasteiger partial charge in [-0.05, 0) is 18.2 Å². The number of imidazole rings is 1. The molecule has 0 fully saturated rings. The van der Waals surface area contributed by atoms with Crippen molar-refractivity contribution in [2.75, 3.05) is 6.61 Å². The summed E-state index contributed by atoms with van der Waals surface area (Å²) >= 11 is 3.35. The number of benzene rings is 1. The van der Waals surface area contributed by atoms with Crippen LogP contribution in [0, 0.1) is 0 Å². The fourth-order valence-electron chi connectivity index (χ4n) is 1.41. The summed E-state index contributed by atoms with van der Waals surface area (Å²) in [6.45, 7) is 0.876. The molecule has 0 atom stereocenters. The van der Waals surface area contributed by atoms with Gasteiger partial charge >= 0.3 is 0 Å². The molecule has 0 aliphatic heterocycles. The predicted molar refractivity (Wildman–Crippen MR) is 74.9 cm³/mol. The van der Waals surface area contributed by atoms with Crippen LogP contribution >= 0.6 is 26.6 Å². The monoisotopic (exact) mass is 364 g/mol. The molecular formula is C11H10BrClN2O3S. The van der Waals surface area contributed by atoms with Crippen molar-refractivity contribution in [3.05, 3.63) is 41.3 Å². The molecule has 1 heterocycles. The summed E-state index contributed by atoms with van der Waals surface area (Å²) in [6, 6.07) is 7.46. The van der Waals surface area contributed by atoms with Crippen molar-refractivity contribution in [1.82, 2.24) is 9.55 Å². The topological polar surface area (TPSA) is 61.2 Å². The summed E-state index contributed by atoms with van der Waals surface area (Å²) in [4.78, 5) is 3.71. The van der Waals surface area contributed by atoms with Gasteiger partial charge in [-0.3, -0.25) is 0 Å². The van der Waals surface area contributed by atoms with Crippen LogP contribution in [0.4, 0.5) is 0 Å². The molecule has 0 radical (unpaired) electrons. The highest BCUT2D eigenvalue weighted by molar-refractivity contribution is 9.10. The van der Waals surface area contributed by atoms with E-state index in [1.165, 1.54) is 12.5 Å². The maximum atomic E-state index is 11.0. The third-order valence-corrected chi connectivity index (χ3v) is 3.95. The van der Waals surface area contributed by atoms with E-state index >= 15 is 0 Å². The van der Waals surface area contributed by atoms with Crippen molar-refractivity contribution in [2.24, 2.45) is 0 Å². The minimum Gasteiger partial charge on any atom is -0.492 e. The molecule has 2 aromatic rings. The molecule has 0 saturated carbocycles. The average molecular weight is 366 g/mol. The van der Waals surface area contributed by atoms with Gasteiger partial charge in [0.05, 0.1) is 12.9 Å². The Bertz CT molecular complexity index is 672. The SMILES string of the molecule is O=S(=O)(Cl)c1cn(CCOc2cccc(Br)c2)cn1. The highest BCUT2D eigenvalue weighted by Gasteiger charge is 2.13. The molecule has 0 bridgehead atoms. The lowest BCUT2D eigenvalue weighted by Gasteiger charge is -2.06. The van der Waals surface area contributed by atoms with Crippen molar-refractivity contribution in [1.29, 1.82) is 0 Å². The largest absolute Gasteiger partial charge is 0.492 e. The molecular weight excluding hydrogens is 356 g/mol. The maximum Gasteiger partial charge on any atom is 0.280 e. The van der Waals surface area contributed by atoms with Gasteiger partial charge in [0, 0.05) is 21.4 Å². The van der Waals surface area contributed by atoms with Gasteiger partial charge in [-0.2, -0.15) is 0 Å². The molecule has 0 amide bonds. The summed E-state index contributed by atoms with van der Waals surface area (Å²) < 4.78 is 30.1. The van der Waals surface area contributed by atoms with Gasteiger partial charge in [-0.15, -0.1) is 0 Å². The van der Waals surface area contributed by atoms with Crippen LogP contribution in [0.2, 0.25) is 0 Å². The number of halogens is 2. The van der Waals surface area contributed by atoms with Crippen molar-refractivity contribution in [3.63, 3.8) is 0 Å². The predicted octanol–water partition coefficient (Wildman–Crippen LogP) is 2.65. The van der Waals surface area contributed by atoms with Crippen molar-refractivity contribution < 1.29 is 13.2 Å². The van der Waals surface area contributed by atoms with E-state index in [9.17, 15) is 8.42 Å². The number of hydrogen-bond acceptors (Lipinski definition) is 4. The summed E-state index contributed by atoms with van der Waals surface area (Å²) in [6.07, 6.45) is 2.77. The van der Waals surface area contributed by atoms with E-state index < -0.39 is 9.05 Å². The molecule has 0 spiro atoms. The van der Waals surface area contributed by atoms with Gasteiger partial charge in [0.1, 0.15) is 12.4 Å². The van der Waals surface area contributed by atoms with Gasteiger partial charge in [-0.25, -0.2) is 13.4 Å². The number of rotatable bonds is 5. The smallest absolute Gasteiger partial charge is 0.280 e. The number of ether oxygens (including phenoxy) is 1. The second-order valence-corrected chi connectivity index (χ2v) is 7.12. The van der Waals surface area contributed by atoms with Gasteiger partial charge in [0.25, 0.3) is 9.05 Å². The lowest BCUT2D eigenvalue weighted by atomic mass is 10.3. The third-order valence-electron chi connectivity index (χ3n) is 2.27. The van der Waals surface area contributed by atoms with E-state index in [4.69, 9.17) is 15.4 Å². The van der Waals surface area contributed by atoms with E-state index in [0.717, 1.165) is 10.2 Å². The van der Waals surface area contributed by atoms with Crippen LogP contribution < -0.4 is 4.74 Å². The fourth-order valence-corrected chi connectivity index (χ4v) is 2.47. The van der Waals surface area contributed by atoms with E-state index in [2.05, 4.69) is 20.9 Å². The first-order valence-electron chi connectivity index (χ1n) is 5.30. The Morgan fingerprint density at radius 3 is 2.84 bits per heavy atom. The first-order chi connectivity index (χ1) is 8.95. The minimum absolute atomic E-state index is 0.156. The lowest BCUT2D eigenvalue weighted by Crippen LogP contribution is -2.06. The molecule has 1 aromatic carbocycles. The van der Waals surface area contributed by atoms with Crippen molar-refractivity contribution in [3.8, 4) is 5.75 Å². The highest BCUT2D eigenvalue weighted by atomic mass is 79.9. The van der Waals surface area contributed by atoms with Crippen LogP contribution in [0.15, 0.2) is 46.3 Å². The number of aromatic nitrogens is 2. The summed E-state index contributed by atoms with van der Waals surface area (Å²) in [7, 11) is 1.41. The Morgan fingerprint density at radius 1 is 1.42 bits per heavy atom. The van der Waals surface area contributed by atoms with E-state index in [1.54, 1.807) is 4.57 Å². The average Bonchev–Trinajstić information content (AvgIpc) is 2.77. The van der Waals surface area contributed by atoms with E-state index in [0.29, 0.717) is 13.2 Å². The number of hydrogen-bond donors (Lipinski definition) is 0. The van der Waals surface area contributed by atoms with Gasteiger partial charge in [-0.1, -0.05) is 22.0 Å². The van der Waals surface area contributed by atoms with Crippen LogP contribution in [0.5, 0.6) is 5.75 Å². The Kier molecular flexibility index (Phi) is 4.49. The fraction of sp³-hybridized carbons (Fsp3) is 0.182. The van der Waals surface area contributed by atoms with Gasteiger partial charge in [0.15, 0.2) is 5.03 Å². The molecule has 0 aliphatic rings. The van der Waals surface area contributed by atoms with E-state index in [-0.39, 0.29) is 5.03 Å². The second kappa shape index (κ2) is 5.94. The quantitative estimate of drug-likeness (QED) is 0.764. The summed E-state index contributed by atoms with van der Waals surface area (Å²) in [5.74, 6) is 0.736. The van der Waals surface area contributed by atoms with Crippen LogP contribution in [-0.2, 0) is 15.6 Å². The highest BCUT2D eigenvalue weighted by Crippen LogP contribution is 2.17. The van der Waals surface area contributed by atoms with Crippen LogP contribution in [0.25, 0.3) is 0 Å². The molecule has 19 heavy (non-hydrogen) atoms. The van der Waals surface area contributed by atoms with Crippen molar-refractivity contribution >= 4 is 35.7 Å². The zero-order chi connectivity index (χ0) is 13.9. The lowest BCUT2D eigenvalue weighted by molar-refractivity contribution is 0.298. The molecule has 0 unspecified atom stereocenters. The first-order valence-corrected chi connectivity index (χ1v) is 8.40. The zero-order valence-corrected chi connectivity index (χ0v) is 12.8. The van der Waals surface area contributed by atoms with Gasteiger partial charge < -0.3 is 9.30 Å². The Balaban J connectivity index is 1.91. The molecule has 5 nitrogen and oxygen atoms in total. The molecule has 8 heteroatoms. The molecule has 0 saturated heterocycles. The van der Waals surface area contributed by atoms with Crippen molar-refractivity contribution in [2.45, 2.75) is 11.6 Å². The second-order valence-electron chi connectivity index (χ2n) is 3.69. The van der Waals surface area contributed by atoms with Gasteiger partial charge in [0.2, 0.25) is 0 Å². The summed E-state index contributed by atoms with van der Waals surface area (Å²) in [5, 5.41) is -0.156. The molecule has 2 rings (SSSR count).